The number of alkyl halides is 3. The molecular formula is C23H20F4N6O4. The zero-order valence-corrected chi connectivity index (χ0v) is 19.2. The standard InChI is InChI=1S/C23H20F4N6O4/c24-16-7-18-19(8-17(16)32-5-3-31(4-6-32)15-11-35-12-15)36-22(34)33(18)10-14-2-1-13(9-28-14)20-29-30-21(37-20)23(25,26)27/h1-2,7-9,15H,3-6,10-12H2. The van der Waals surface area contributed by atoms with Crippen molar-refractivity contribution in [3.05, 3.63) is 58.4 Å². The van der Waals surface area contributed by atoms with Crippen molar-refractivity contribution in [3.8, 4) is 11.5 Å². The van der Waals surface area contributed by atoms with E-state index in [0.29, 0.717) is 30.5 Å². The van der Waals surface area contributed by atoms with Crippen LogP contribution in [0.25, 0.3) is 22.6 Å². The van der Waals surface area contributed by atoms with Gasteiger partial charge in [0.2, 0.25) is 5.89 Å². The Kier molecular flexibility index (Phi) is 5.71. The first kappa shape index (κ1) is 23.6. The number of aromatic nitrogens is 4. The van der Waals surface area contributed by atoms with E-state index in [1.54, 1.807) is 0 Å². The summed E-state index contributed by atoms with van der Waals surface area (Å²) >= 11 is 0. The lowest BCUT2D eigenvalue weighted by Crippen LogP contribution is -2.56. The molecule has 0 saturated carbocycles. The third-order valence-corrected chi connectivity index (χ3v) is 6.59. The molecule has 0 spiro atoms. The Labute approximate surface area is 206 Å². The van der Waals surface area contributed by atoms with E-state index in [9.17, 15) is 18.0 Å². The minimum absolute atomic E-state index is 0.0370. The van der Waals surface area contributed by atoms with Crippen LogP contribution < -0.4 is 10.7 Å². The number of hydrogen-bond donors (Lipinski definition) is 0. The summed E-state index contributed by atoms with van der Waals surface area (Å²) in [6.45, 7) is 4.29. The second kappa shape index (κ2) is 8.95. The van der Waals surface area contributed by atoms with E-state index in [0.717, 1.165) is 26.3 Å². The van der Waals surface area contributed by atoms with Gasteiger partial charge in [-0.2, -0.15) is 13.2 Å². The van der Waals surface area contributed by atoms with Crippen LogP contribution in [0.4, 0.5) is 23.2 Å². The summed E-state index contributed by atoms with van der Waals surface area (Å²) in [6, 6.07) is 6.17. The van der Waals surface area contributed by atoms with Crippen molar-refractivity contribution in [1.29, 1.82) is 0 Å². The van der Waals surface area contributed by atoms with Gasteiger partial charge in [-0.25, -0.2) is 9.18 Å². The van der Waals surface area contributed by atoms with E-state index in [1.807, 2.05) is 4.90 Å². The number of fused-ring (bicyclic) bond motifs is 1. The van der Waals surface area contributed by atoms with Gasteiger partial charge in [0.05, 0.1) is 48.3 Å². The maximum atomic E-state index is 15.1. The quantitative estimate of drug-likeness (QED) is 0.368. The van der Waals surface area contributed by atoms with Gasteiger partial charge in [0.25, 0.3) is 0 Å². The second-order valence-electron chi connectivity index (χ2n) is 8.89. The molecule has 0 N–H and O–H groups in total. The van der Waals surface area contributed by atoms with Gasteiger partial charge in [0.15, 0.2) is 5.58 Å². The number of anilines is 1. The molecule has 37 heavy (non-hydrogen) atoms. The van der Waals surface area contributed by atoms with E-state index < -0.39 is 23.6 Å². The summed E-state index contributed by atoms with van der Waals surface area (Å²) in [5.41, 5.74) is 1.46. The third kappa shape index (κ3) is 4.46. The molecule has 0 atom stereocenters. The molecular weight excluding hydrogens is 500 g/mol. The van der Waals surface area contributed by atoms with Gasteiger partial charge in [0, 0.05) is 44.5 Å². The van der Waals surface area contributed by atoms with Crippen LogP contribution in [-0.2, 0) is 17.5 Å². The van der Waals surface area contributed by atoms with E-state index in [-0.39, 0.29) is 29.1 Å². The molecule has 6 rings (SSSR count). The second-order valence-corrected chi connectivity index (χ2v) is 8.89. The highest BCUT2D eigenvalue weighted by Crippen LogP contribution is 2.31. The Morgan fingerprint density at radius 1 is 1.03 bits per heavy atom. The topological polar surface area (TPSA) is 103 Å². The summed E-state index contributed by atoms with van der Waals surface area (Å²) < 4.78 is 69.7. The predicted octanol–water partition coefficient (Wildman–Crippen LogP) is 2.77. The third-order valence-electron chi connectivity index (χ3n) is 6.59. The Balaban J connectivity index is 1.20. The Morgan fingerprint density at radius 2 is 1.81 bits per heavy atom. The fraction of sp³-hybridized carbons (Fsp3) is 0.391. The highest BCUT2D eigenvalue weighted by atomic mass is 19.4. The molecule has 0 aliphatic carbocycles. The normalized spacial score (nSPS) is 17.5. The maximum absolute atomic E-state index is 15.1. The molecule has 10 nitrogen and oxygen atoms in total. The van der Waals surface area contributed by atoms with Crippen LogP contribution in [0.15, 0.2) is 44.1 Å². The highest BCUT2D eigenvalue weighted by Gasteiger charge is 2.38. The van der Waals surface area contributed by atoms with Crippen molar-refractivity contribution >= 4 is 16.8 Å². The molecule has 14 heteroatoms. The summed E-state index contributed by atoms with van der Waals surface area (Å²) in [4.78, 5) is 21.0. The number of nitrogens with zero attached hydrogens (tertiary/aromatic N) is 6. The van der Waals surface area contributed by atoms with Crippen LogP contribution in [0.3, 0.4) is 0 Å². The lowest BCUT2D eigenvalue weighted by Gasteiger charge is -2.43. The number of piperazine rings is 1. The molecule has 0 bridgehead atoms. The first-order valence-corrected chi connectivity index (χ1v) is 11.5. The van der Waals surface area contributed by atoms with Gasteiger partial charge < -0.3 is 18.5 Å². The average molecular weight is 520 g/mol. The van der Waals surface area contributed by atoms with E-state index >= 15 is 4.39 Å². The molecule has 2 aliphatic heterocycles. The molecule has 4 aromatic rings. The van der Waals surface area contributed by atoms with Crippen molar-refractivity contribution in [2.45, 2.75) is 18.8 Å². The monoisotopic (exact) mass is 520 g/mol. The van der Waals surface area contributed by atoms with Gasteiger partial charge in [-0.3, -0.25) is 14.5 Å². The van der Waals surface area contributed by atoms with Crippen molar-refractivity contribution in [2.75, 3.05) is 44.3 Å². The molecule has 2 fully saturated rings. The SMILES string of the molecule is O=c1oc2cc(N3CCN(C4COC4)CC3)c(F)cc2n1Cc1ccc(-c2nnc(C(F)(F)F)o2)cn1. The fourth-order valence-electron chi connectivity index (χ4n) is 4.49. The lowest BCUT2D eigenvalue weighted by atomic mass is 10.1. The van der Waals surface area contributed by atoms with Crippen LogP contribution in [0.5, 0.6) is 0 Å². The van der Waals surface area contributed by atoms with Gasteiger partial charge in [-0.1, -0.05) is 0 Å². The minimum atomic E-state index is -4.75. The fourth-order valence-corrected chi connectivity index (χ4v) is 4.49. The number of ether oxygens (including phenoxy) is 1. The highest BCUT2D eigenvalue weighted by molar-refractivity contribution is 5.78. The van der Waals surface area contributed by atoms with Crippen molar-refractivity contribution in [1.82, 2.24) is 24.6 Å². The van der Waals surface area contributed by atoms with E-state index in [1.165, 1.54) is 35.0 Å². The molecule has 2 saturated heterocycles. The number of oxazole rings is 1. The number of halogens is 4. The number of rotatable bonds is 5. The Hall–Kier alpha value is -3.78. The van der Waals surface area contributed by atoms with E-state index in [2.05, 4.69) is 24.5 Å². The first-order valence-electron chi connectivity index (χ1n) is 11.5. The Morgan fingerprint density at radius 3 is 2.43 bits per heavy atom. The zero-order chi connectivity index (χ0) is 25.7. The maximum Gasteiger partial charge on any atom is 0.470 e. The predicted molar refractivity (Wildman–Crippen MR) is 120 cm³/mol. The number of benzene rings is 1. The number of hydrogen-bond acceptors (Lipinski definition) is 9. The summed E-state index contributed by atoms with van der Waals surface area (Å²) in [5.74, 6) is -2.95. The minimum Gasteiger partial charge on any atom is -0.413 e. The van der Waals surface area contributed by atoms with Crippen LogP contribution >= 0.6 is 0 Å². The average Bonchev–Trinajstić information content (AvgIpc) is 3.44. The molecule has 0 amide bonds. The van der Waals surface area contributed by atoms with Gasteiger partial charge in [-0.15, -0.1) is 10.2 Å². The molecule has 2 aliphatic rings. The van der Waals surface area contributed by atoms with Crippen molar-refractivity contribution in [3.63, 3.8) is 0 Å². The zero-order valence-electron chi connectivity index (χ0n) is 19.2. The van der Waals surface area contributed by atoms with Gasteiger partial charge in [0.1, 0.15) is 5.82 Å². The van der Waals surface area contributed by atoms with Gasteiger partial charge in [-0.05, 0) is 12.1 Å². The largest absolute Gasteiger partial charge is 0.470 e. The van der Waals surface area contributed by atoms with Crippen LogP contribution in [0.1, 0.15) is 11.6 Å². The molecule has 5 heterocycles. The molecule has 1 aromatic carbocycles. The Bertz CT molecular complexity index is 1480. The van der Waals surface area contributed by atoms with Crippen LogP contribution in [0.2, 0.25) is 0 Å². The van der Waals surface area contributed by atoms with E-state index in [4.69, 9.17) is 9.15 Å². The molecule has 0 unspecified atom stereocenters. The lowest BCUT2D eigenvalue weighted by molar-refractivity contribution is -0.156. The van der Waals surface area contributed by atoms with Crippen LogP contribution in [-0.4, -0.2) is 70.1 Å². The summed E-state index contributed by atoms with van der Waals surface area (Å²) in [6.07, 6.45) is -3.50. The van der Waals surface area contributed by atoms with Crippen molar-refractivity contribution in [2.24, 2.45) is 0 Å². The first-order chi connectivity index (χ1) is 17.8. The van der Waals surface area contributed by atoms with Crippen LogP contribution in [0, 0.1) is 5.82 Å². The molecule has 194 valence electrons. The number of pyridine rings is 1. The smallest absolute Gasteiger partial charge is 0.413 e. The summed E-state index contributed by atoms with van der Waals surface area (Å²) in [7, 11) is 0. The summed E-state index contributed by atoms with van der Waals surface area (Å²) in [5, 5.41) is 6.37. The molecule has 3 aromatic heterocycles. The van der Waals surface area contributed by atoms with Crippen molar-refractivity contribution < 1.29 is 31.1 Å². The van der Waals surface area contributed by atoms with Gasteiger partial charge >= 0.3 is 17.8 Å². The molecule has 0 radical (unpaired) electrons.